The van der Waals surface area contributed by atoms with Crippen LogP contribution in [0.15, 0.2) is 31.1 Å². The molecule has 16 heavy (non-hydrogen) atoms. The van der Waals surface area contributed by atoms with Crippen molar-refractivity contribution in [2.24, 2.45) is 0 Å². The van der Waals surface area contributed by atoms with E-state index in [4.69, 9.17) is 0 Å². The highest BCUT2D eigenvalue weighted by molar-refractivity contribution is 14.1. The normalized spacial score (nSPS) is 12.4. The minimum atomic E-state index is 0.259. The van der Waals surface area contributed by atoms with E-state index in [1.165, 1.54) is 0 Å². The van der Waals surface area contributed by atoms with Gasteiger partial charge in [-0.3, -0.25) is 0 Å². The van der Waals surface area contributed by atoms with Gasteiger partial charge in [0, 0.05) is 40.9 Å². The summed E-state index contributed by atoms with van der Waals surface area (Å²) in [5.41, 5.74) is 0. The number of nitrogens with zero attached hydrogens (tertiary/aromatic N) is 4. The molecule has 5 nitrogen and oxygen atoms in total. The minimum Gasteiger partial charge on any atom is -0.350 e. The van der Waals surface area contributed by atoms with E-state index < -0.39 is 0 Å². The Kier molecular flexibility index (Phi) is 3.70. The Morgan fingerprint density at radius 3 is 2.81 bits per heavy atom. The third-order valence-corrected chi connectivity index (χ3v) is 2.60. The first kappa shape index (κ1) is 11.3. The molecule has 0 saturated carbocycles. The van der Waals surface area contributed by atoms with Crippen LogP contribution < -0.4 is 5.32 Å². The summed E-state index contributed by atoms with van der Waals surface area (Å²) >= 11 is 2.18. The van der Waals surface area contributed by atoms with Crippen molar-refractivity contribution in [1.29, 1.82) is 0 Å². The quantitative estimate of drug-likeness (QED) is 0.869. The van der Waals surface area contributed by atoms with Crippen molar-refractivity contribution in [2.45, 2.75) is 19.5 Å². The molecule has 84 valence electrons. The fraction of sp³-hybridized carbons (Fsp3) is 0.300. The summed E-state index contributed by atoms with van der Waals surface area (Å²) in [6, 6.07) is 0.259. The van der Waals surface area contributed by atoms with Crippen LogP contribution in [0.2, 0.25) is 0 Å². The molecule has 0 aliphatic heterocycles. The van der Waals surface area contributed by atoms with Crippen molar-refractivity contribution in [3.63, 3.8) is 0 Å². The predicted octanol–water partition coefficient (Wildman–Crippen LogP) is 1.78. The third-order valence-electron chi connectivity index (χ3n) is 2.04. The Morgan fingerprint density at radius 1 is 1.44 bits per heavy atom. The molecule has 1 atom stereocenters. The molecule has 0 saturated heterocycles. The van der Waals surface area contributed by atoms with Crippen LogP contribution in [0.4, 0.5) is 5.95 Å². The molecule has 2 aromatic rings. The lowest BCUT2D eigenvalue weighted by molar-refractivity contribution is 0.614. The van der Waals surface area contributed by atoms with Crippen molar-refractivity contribution >= 4 is 28.5 Å². The number of hydrogen-bond acceptors (Lipinski definition) is 4. The Morgan fingerprint density at radius 2 is 2.19 bits per heavy atom. The van der Waals surface area contributed by atoms with Gasteiger partial charge in [-0.1, -0.05) is 0 Å². The van der Waals surface area contributed by atoms with Crippen molar-refractivity contribution in [3.05, 3.63) is 34.7 Å². The van der Waals surface area contributed by atoms with Crippen molar-refractivity contribution in [1.82, 2.24) is 19.5 Å². The maximum atomic E-state index is 4.19. The summed E-state index contributed by atoms with van der Waals surface area (Å²) in [7, 11) is 0. The van der Waals surface area contributed by atoms with Crippen molar-refractivity contribution < 1.29 is 0 Å². The molecule has 0 aromatic carbocycles. The molecule has 0 fully saturated rings. The number of imidazole rings is 1. The topological polar surface area (TPSA) is 55.6 Å². The summed E-state index contributed by atoms with van der Waals surface area (Å²) in [5.74, 6) is 0.660. The van der Waals surface area contributed by atoms with E-state index in [-0.39, 0.29) is 6.04 Å². The Labute approximate surface area is 107 Å². The summed E-state index contributed by atoms with van der Waals surface area (Å²) in [5, 5.41) is 3.23. The molecule has 6 heteroatoms. The lowest BCUT2D eigenvalue weighted by Gasteiger charge is -2.13. The molecular formula is C10H12IN5. The van der Waals surface area contributed by atoms with Crippen LogP contribution in [0, 0.1) is 3.57 Å². The van der Waals surface area contributed by atoms with Crippen molar-refractivity contribution in [2.75, 3.05) is 5.32 Å². The van der Waals surface area contributed by atoms with Gasteiger partial charge >= 0.3 is 0 Å². The van der Waals surface area contributed by atoms with Gasteiger partial charge in [0.25, 0.3) is 0 Å². The van der Waals surface area contributed by atoms with Gasteiger partial charge in [0.1, 0.15) is 0 Å². The first-order valence-corrected chi connectivity index (χ1v) is 6.02. The van der Waals surface area contributed by atoms with Gasteiger partial charge in [-0.15, -0.1) is 0 Å². The Hall–Kier alpha value is -1.18. The smallest absolute Gasteiger partial charge is 0.222 e. The lowest BCUT2D eigenvalue weighted by atomic mass is 10.3. The molecule has 1 unspecified atom stereocenters. The van der Waals surface area contributed by atoms with Crippen LogP contribution in [0.25, 0.3) is 0 Å². The van der Waals surface area contributed by atoms with Crippen LogP contribution in [-0.4, -0.2) is 25.6 Å². The standard InChI is InChI=1S/C10H12IN5/c1-8(6-16-3-2-12-7-16)15-10-13-4-9(11)5-14-10/h2-5,7-8H,6H2,1H3,(H,13,14,15). The van der Waals surface area contributed by atoms with Crippen molar-refractivity contribution in [3.8, 4) is 0 Å². The highest BCUT2D eigenvalue weighted by Crippen LogP contribution is 2.05. The van der Waals surface area contributed by atoms with E-state index in [9.17, 15) is 0 Å². The van der Waals surface area contributed by atoms with Gasteiger partial charge in [0.2, 0.25) is 5.95 Å². The number of nitrogens with one attached hydrogen (secondary N) is 1. The second kappa shape index (κ2) is 5.24. The number of rotatable bonds is 4. The molecule has 0 spiro atoms. The zero-order valence-electron chi connectivity index (χ0n) is 8.84. The summed E-state index contributed by atoms with van der Waals surface area (Å²) < 4.78 is 3.05. The largest absolute Gasteiger partial charge is 0.350 e. The van der Waals surface area contributed by atoms with Gasteiger partial charge in [0.15, 0.2) is 0 Å². The minimum absolute atomic E-state index is 0.259. The highest BCUT2D eigenvalue weighted by atomic mass is 127. The number of halogens is 1. The fourth-order valence-corrected chi connectivity index (χ4v) is 1.64. The van der Waals surface area contributed by atoms with Crippen LogP contribution in [0.5, 0.6) is 0 Å². The van der Waals surface area contributed by atoms with Gasteiger partial charge in [-0.05, 0) is 29.5 Å². The summed E-state index contributed by atoms with van der Waals surface area (Å²) in [4.78, 5) is 12.4. The van der Waals surface area contributed by atoms with Gasteiger partial charge in [-0.2, -0.15) is 0 Å². The van der Waals surface area contributed by atoms with Crippen LogP contribution >= 0.6 is 22.6 Å². The predicted molar refractivity (Wildman–Crippen MR) is 70.1 cm³/mol. The third kappa shape index (κ3) is 3.16. The van der Waals surface area contributed by atoms with E-state index in [0.717, 1.165) is 10.1 Å². The molecule has 0 radical (unpaired) electrons. The Balaban J connectivity index is 1.92. The monoisotopic (exact) mass is 329 g/mol. The number of aromatic nitrogens is 4. The molecule has 0 amide bonds. The van der Waals surface area contributed by atoms with E-state index in [0.29, 0.717) is 5.95 Å². The van der Waals surface area contributed by atoms with E-state index >= 15 is 0 Å². The average molecular weight is 329 g/mol. The van der Waals surface area contributed by atoms with E-state index in [2.05, 4.69) is 49.8 Å². The number of anilines is 1. The first-order valence-electron chi connectivity index (χ1n) is 4.94. The fourth-order valence-electron chi connectivity index (χ4n) is 1.36. The van der Waals surface area contributed by atoms with Crippen LogP contribution in [0.1, 0.15) is 6.92 Å². The zero-order valence-corrected chi connectivity index (χ0v) is 11.0. The van der Waals surface area contributed by atoms with E-state index in [1.54, 1.807) is 24.9 Å². The molecule has 0 aliphatic rings. The second-order valence-corrected chi connectivity index (χ2v) is 4.78. The maximum absolute atomic E-state index is 4.19. The summed E-state index contributed by atoms with van der Waals surface area (Å²) in [6.07, 6.45) is 9.09. The summed E-state index contributed by atoms with van der Waals surface area (Å²) in [6.45, 7) is 2.93. The average Bonchev–Trinajstić information content (AvgIpc) is 2.74. The first-order chi connectivity index (χ1) is 7.74. The molecule has 0 bridgehead atoms. The molecule has 0 aliphatic carbocycles. The zero-order chi connectivity index (χ0) is 11.4. The molecule has 2 aromatic heterocycles. The molecule has 2 rings (SSSR count). The van der Waals surface area contributed by atoms with E-state index in [1.807, 2.05) is 10.8 Å². The lowest BCUT2D eigenvalue weighted by Crippen LogP contribution is -2.22. The van der Waals surface area contributed by atoms with Crippen LogP contribution in [-0.2, 0) is 6.54 Å². The van der Waals surface area contributed by atoms with Crippen LogP contribution in [0.3, 0.4) is 0 Å². The molecular weight excluding hydrogens is 317 g/mol. The second-order valence-electron chi connectivity index (χ2n) is 3.53. The molecule has 1 N–H and O–H groups in total. The SMILES string of the molecule is CC(Cn1ccnc1)Nc1ncc(I)cn1. The van der Waals surface area contributed by atoms with Gasteiger partial charge in [0.05, 0.1) is 6.33 Å². The van der Waals surface area contributed by atoms with Gasteiger partial charge < -0.3 is 9.88 Å². The Bertz CT molecular complexity index is 425. The van der Waals surface area contributed by atoms with Gasteiger partial charge in [-0.25, -0.2) is 15.0 Å². The molecule has 2 heterocycles. The maximum Gasteiger partial charge on any atom is 0.222 e. The highest BCUT2D eigenvalue weighted by Gasteiger charge is 2.04. The number of hydrogen-bond donors (Lipinski definition) is 1.